The number of carbonyl (C=O) groups is 1. The van der Waals surface area contributed by atoms with E-state index >= 15 is 0 Å². The van der Waals surface area contributed by atoms with E-state index < -0.39 is 0 Å². The van der Waals surface area contributed by atoms with Gasteiger partial charge in [0.1, 0.15) is 5.82 Å². The Morgan fingerprint density at radius 1 is 1.27 bits per heavy atom. The predicted octanol–water partition coefficient (Wildman–Crippen LogP) is 2.35. The second-order valence-corrected chi connectivity index (χ2v) is 6.59. The van der Waals surface area contributed by atoms with E-state index in [1.54, 1.807) is 0 Å². The van der Waals surface area contributed by atoms with Crippen molar-refractivity contribution in [1.82, 2.24) is 15.1 Å². The molecule has 4 nitrogen and oxygen atoms in total. The number of nitrogens with one attached hydrogen (secondary N) is 1. The van der Waals surface area contributed by atoms with Crippen molar-refractivity contribution in [3.8, 4) is 0 Å². The maximum absolute atomic E-state index is 13.0. The summed E-state index contributed by atoms with van der Waals surface area (Å²) in [5.41, 5.74) is 0.473. The lowest BCUT2D eigenvalue weighted by Gasteiger charge is -2.32. The first-order chi connectivity index (χ1) is 10.6. The van der Waals surface area contributed by atoms with Crippen molar-refractivity contribution in [2.45, 2.75) is 12.8 Å². The second kappa shape index (κ2) is 8.60. The maximum Gasteiger partial charge on any atom is 0.252 e. The van der Waals surface area contributed by atoms with Crippen molar-refractivity contribution in [2.24, 2.45) is 0 Å². The Kier molecular flexibility index (Phi) is 6.79. The Hall–Kier alpha value is -0.980. The van der Waals surface area contributed by atoms with Gasteiger partial charge in [-0.3, -0.25) is 4.79 Å². The van der Waals surface area contributed by atoms with Crippen LogP contribution in [0.4, 0.5) is 4.39 Å². The molecule has 1 aliphatic heterocycles. The van der Waals surface area contributed by atoms with E-state index in [1.165, 1.54) is 18.2 Å². The molecule has 1 aliphatic rings. The quantitative estimate of drug-likeness (QED) is 0.779. The van der Waals surface area contributed by atoms with Crippen molar-refractivity contribution in [1.29, 1.82) is 0 Å². The zero-order valence-electron chi connectivity index (χ0n) is 12.9. The molecule has 0 radical (unpaired) electrons. The molecule has 0 atom stereocenters. The van der Waals surface area contributed by atoms with Crippen LogP contribution in [0, 0.1) is 5.82 Å². The fraction of sp³-hybridized carbons (Fsp3) is 0.562. The molecule has 0 spiro atoms. The molecule has 0 aliphatic carbocycles. The summed E-state index contributed by atoms with van der Waals surface area (Å²) in [5.74, 6) is -0.512. The zero-order chi connectivity index (χ0) is 15.9. The SMILES string of the molecule is CN1CCN(CCCCNC(=O)c2ccc(F)cc2Br)CC1. The molecule has 22 heavy (non-hydrogen) atoms. The number of benzene rings is 1. The number of halogens is 2. The highest BCUT2D eigenvalue weighted by atomic mass is 79.9. The zero-order valence-corrected chi connectivity index (χ0v) is 14.5. The first-order valence-electron chi connectivity index (χ1n) is 7.70. The fourth-order valence-corrected chi connectivity index (χ4v) is 3.03. The number of piperazine rings is 1. The summed E-state index contributed by atoms with van der Waals surface area (Å²) in [7, 11) is 2.15. The number of hydrogen-bond donors (Lipinski definition) is 1. The number of carbonyl (C=O) groups excluding carboxylic acids is 1. The lowest BCUT2D eigenvalue weighted by atomic mass is 10.2. The number of likely N-dealkylation sites (N-methyl/N-ethyl adjacent to an activating group) is 1. The highest BCUT2D eigenvalue weighted by Gasteiger charge is 2.13. The lowest BCUT2D eigenvalue weighted by Crippen LogP contribution is -2.44. The van der Waals surface area contributed by atoms with E-state index in [1.807, 2.05) is 0 Å². The van der Waals surface area contributed by atoms with E-state index in [2.05, 4.69) is 38.1 Å². The minimum Gasteiger partial charge on any atom is -0.352 e. The van der Waals surface area contributed by atoms with E-state index in [4.69, 9.17) is 0 Å². The van der Waals surface area contributed by atoms with E-state index in [0.29, 0.717) is 16.6 Å². The number of rotatable bonds is 6. The van der Waals surface area contributed by atoms with Crippen LogP contribution in [-0.4, -0.2) is 62.0 Å². The molecule has 1 N–H and O–H groups in total. The molecule has 0 saturated carbocycles. The van der Waals surface area contributed by atoms with Crippen LogP contribution in [0.2, 0.25) is 0 Å². The molecule has 0 aromatic heterocycles. The smallest absolute Gasteiger partial charge is 0.252 e. The molecule has 1 saturated heterocycles. The van der Waals surface area contributed by atoms with Crippen LogP contribution in [0.15, 0.2) is 22.7 Å². The summed E-state index contributed by atoms with van der Waals surface area (Å²) in [6, 6.07) is 4.11. The largest absolute Gasteiger partial charge is 0.352 e. The van der Waals surface area contributed by atoms with Crippen LogP contribution >= 0.6 is 15.9 Å². The van der Waals surface area contributed by atoms with Crippen LogP contribution in [-0.2, 0) is 0 Å². The monoisotopic (exact) mass is 371 g/mol. The summed E-state index contributed by atoms with van der Waals surface area (Å²) < 4.78 is 13.5. The molecular weight excluding hydrogens is 349 g/mol. The summed E-state index contributed by atoms with van der Waals surface area (Å²) in [6.45, 7) is 6.27. The molecule has 6 heteroatoms. The summed E-state index contributed by atoms with van der Waals surface area (Å²) in [4.78, 5) is 16.8. The van der Waals surface area contributed by atoms with Crippen LogP contribution in [0.3, 0.4) is 0 Å². The van der Waals surface area contributed by atoms with Crippen molar-refractivity contribution in [2.75, 3.05) is 46.3 Å². The van der Waals surface area contributed by atoms with Crippen LogP contribution in [0.5, 0.6) is 0 Å². The van der Waals surface area contributed by atoms with E-state index in [9.17, 15) is 9.18 Å². The van der Waals surface area contributed by atoms with Gasteiger partial charge in [-0.05, 0) is 60.6 Å². The highest BCUT2D eigenvalue weighted by Crippen LogP contribution is 2.17. The average molecular weight is 372 g/mol. The highest BCUT2D eigenvalue weighted by molar-refractivity contribution is 9.10. The molecule has 1 amide bonds. The van der Waals surface area contributed by atoms with Gasteiger partial charge in [0.2, 0.25) is 0 Å². The van der Waals surface area contributed by atoms with Crippen LogP contribution < -0.4 is 5.32 Å². The van der Waals surface area contributed by atoms with E-state index in [-0.39, 0.29) is 11.7 Å². The Labute approximate surface area is 139 Å². The van der Waals surface area contributed by atoms with Gasteiger partial charge in [0, 0.05) is 37.2 Å². The Balaban J connectivity index is 1.63. The molecule has 0 bridgehead atoms. The number of unbranched alkanes of at least 4 members (excludes halogenated alkanes) is 1. The molecular formula is C16H23BrFN3O. The standard InChI is InChI=1S/C16H23BrFN3O/c1-20-8-10-21(11-9-20)7-3-2-6-19-16(22)14-5-4-13(18)12-15(14)17/h4-5,12H,2-3,6-11H2,1H3,(H,19,22). The second-order valence-electron chi connectivity index (χ2n) is 5.73. The predicted molar refractivity (Wildman–Crippen MR) is 89.6 cm³/mol. The Morgan fingerprint density at radius 2 is 2.00 bits per heavy atom. The minimum atomic E-state index is -0.351. The van der Waals surface area contributed by atoms with Gasteiger partial charge >= 0.3 is 0 Å². The molecule has 1 fully saturated rings. The molecule has 0 unspecified atom stereocenters. The van der Waals surface area contributed by atoms with Gasteiger partial charge in [-0.15, -0.1) is 0 Å². The van der Waals surface area contributed by atoms with Gasteiger partial charge in [0.15, 0.2) is 0 Å². The average Bonchev–Trinajstić information content (AvgIpc) is 2.48. The van der Waals surface area contributed by atoms with Crippen LogP contribution in [0.25, 0.3) is 0 Å². The fourth-order valence-electron chi connectivity index (χ4n) is 2.50. The molecule has 1 aromatic carbocycles. The molecule has 2 rings (SSSR count). The summed E-state index contributed by atoms with van der Waals surface area (Å²) >= 11 is 3.22. The van der Waals surface area contributed by atoms with Crippen molar-refractivity contribution in [3.05, 3.63) is 34.1 Å². The van der Waals surface area contributed by atoms with Gasteiger partial charge in [0.25, 0.3) is 5.91 Å². The third kappa shape index (κ3) is 5.34. The molecule has 122 valence electrons. The van der Waals surface area contributed by atoms with Crippen molar-refractivity contribution in [3.63, 3.8) is 0 Å². The number of nitrogens with zero attached hydrogens (tertiary/aromatic N) is 2. The van der Waals surface area contributed by atoms with Gasteiger partial charge in [-0.2, -0.15) is 0 Å². The number of amides is 1. The summed E-state index contributed by atoms with van der Waals surface area (Å²) in [5, 5.41) is 2.89. The van der Waals surface area contributed by atoms with Crippen molar-refractivity contribution < 1.29 is 9.18 Å². The van der Waals surface area contributed by atoms with Gasteiger partial charge in [-0.25, -0.2) is 4.39 Å². The van der Waals surface area contributed by atoms with Crippen molar-refractivity contribution >= 4 is 21.8 Å². The third-order valence-electron chi connectivity index (χ3n) is 3.96. The Bertz CT molecular complexity index is 504. The van der Waals surface area contributed by atoms with Crippen LogP contribution in [0.1, 0.15) is 23.2 Å². The maximum atomic E-state index is 13.0. The van der Waals surface area contributed by atoms with Gasteiger partial charge in [0.05, 0.1) is 5.56 Å². The lowest BCUT2D eigenvalue weighted by molar-refractivity contribution is 0.0951. The van der Waals surface area contributed by atoms with E-state index in [0.717, 1.165) is 45.6 Å². The normalized spacial score (nSPS) is 16.7. The van der Waals surface area contributed by atoms with Gasteiger partial charge in [-0.1, -0.05) is 0 Å². The molecule has 1 heterocycles. The number of hydrogen-bond acceptors (Lipinski definition) is 3. The minimum absolute atomic E-state index is 0.161. The van der Waals surface area contributed by atoms with Gasteiger partial charge < -0.3 is 15.1 Å². The first-order valence-corrected chi connectivity index (χ1v) is 8.50. The first kappa shape index (κ1) is 17.4. The topological polar surface area (TPSA) is 35.6 Å². The molecule has 1 aromatic rings. The summed E-state index contributed by atoms with van der Waals surface area (Å²) in [6.07, 6.45) is 2.03. The Morgan fingerprint density at radius 3 is 2.68 bits per heavy atom. The third-order valence-corrected chi connectivity index (χ3v) is 4.61.